The maximum absolute atomic E-state index is 11.8. The van der Waals surface area contributed by atoms with Crippen molar-refractivity contribution in [3.8, 4) is 0 Å². The van der Waals surface area contributed by atoms with Crippen LogP contribution >= 0.6 is 24.0 Å². The molecule has 1 saturated heterocycles. The normalized spacial score (nSPS) is 21.1. The molecule has 0 spiro atoms. The van der Waals surface area contributed by atoms with Gasteiger partial charge in [0.1, 0.15) is 4.32 Å². The molecule has 0 aromatic carbocycles. The molecule has 4 heteroatoms. The third kappa shape index (κ3) is 2.58. The number of allylic oxidation sites excluding steroid dienone is 1. The average Bonchev–Trinajstić information content (AvgIpc) is 2.24. The second-order valence-corrected chi connectivity index (χ2v) is 5.97. The summed E-state index contributed by atoms with van der Waals surface area (Å²) in [7, 11) is 0. The van der Waals surface area contributed by atoms with Crippen molar-refractivity contribution in [3.05, 3.63) is 11.0 Å². The maximum Gasteiger partial charge on any atom is 0.265 e. The molecule has 0 saturated carbocycles. The molecule has 2 nitrogen and oxygen atoms in total. The van der Waals surface area contributed by atoms with Crippen molar-refractivity contribution >= 4 is 34.2 Å². The van der Waals surface area contributed by atoms with Gasteiger partial charge in [0.2, 0.25) is 0 Å². The first-order chi connectivity index (χ1) is 6.35. The smallest absolute Gasteiger partial charge is 0.265 e. The van der Waals surface area contributed by atoms with E-state index in [1.807, 2.05) is 13.0 Å². The standard InChI is InChI=1S/C10H15NOS2/c1-5-11-8(12)7(14-9(11)13)6-10(2,3)4/h6H,5H2,1-4H3/b7-6-. The van der Waals surface area contributed by atoms with Gasteiger partial charge in [0.15, 0.2) is 0 Å². The Kier molecular flexibility index (Phi) is 3.37. The topological polar surface area (TPSA) is 20.3 Å². The molecule has 0 atom stereocenters. The third-order valence-electron chi connectivity index (χ3n) is 1.75. The quantitative estimate of drug-likeness (QED) is 0.509. The molecule has 1 fully saturated rings. The molecular weight excluding hydrogens is 214 g/mol. The number of rotatable bonds is 1. The minimum Gasteiger partial charge on any atom is -0.293 e. The highest BCUT2D eigenvalue weighted by Gasteiger charge is 2.31. The minimum atomic E-state index is 0.0252. The van der Waals surface area contributed by atoms with Crippen molar-refractivity contribution in [2.24, 2.45) is 5.41 Å². The maximum atomic E-state index is 11.8. The van der Waals surface area contributed by atoms with Crippen molar-refractivity contribution in [2.75, 3.05) is 6.54 Å². The lowest BCUT2D eigenvalue weighted by Gasteiger charge is -2.13. The molecular formula is C10H15NOS2. The average molecular weight is 229 g/mol. The van der Waals surface area contributed by atoms with E-state index in [4.69, 9.17) is 12.2 Å². The molecule has 1 amide bonds. The molecule has 78 valence electrons. The van der Waals surface area contributed by atoms with Crippen molar-refractivity contribution < 1.29 is 4.79 Å². The summed E-state index contributed by atoms with van der Waals surface area (Å²) in [6, 6.07) is 0. The van der Waals surface area contributed by atoms with Crippen LogP contribution in [-0.4, -0.2) is 21.7 Å². The SMILES string of the molecule is CCN1C(=O)/C(=C/C(C)(C)C)SC1=S. The zero-order valence-electron chi connectivity index (χ0n) is 8.96. The molecule has 1 heterocycles. The highest BCUT2D eigenvalue weighted by Crippen LogP contribution is 2.33. The van der Waals surface area contributed by atoms with Crippen LogP contribution in [0.5, 0.6) is 0 Å². The van der Waals surface area contributed by atoms with Crippen molar-refractivity contribution in [1.82, 2.24) is 4.90 Å². The monoisotopic (exact) mass is 229 g/mol. The van der Waals surface area contributed by atoms with Gasteiger partial charge in [-0.1, -0.05) is 50.8 Å². The molecule has 0 aliphatic carbocycles. The van der Waals surface area contributed by atoms with Crippen LogP contribution in [0.15, 0.2) is 11.0 Å². The van der Waals surface area contributed by atoms with Crippen LogP contribution in [0.3, 0.4) is 0 Å². The van der Waals surface area contributed by atoms with E-state index in [-0.39, 0.29) is 11.3 Å². The zero-order chi connectivity index (χ0) is 10.9. The third-order valence-corrected chi connectivity index (χ3v) is 3.13. The van der Waals surface area contributed by atoms with Crippen LogP contribution in [0.4, 0.5) is 0 Å². The molecule has 14 heavy (non-hydrogen) atoms. The largest absolute Gasteiger partial charge is 0.293 e. The van der Waals surface area contributed by atoms with E-state index < -0.39 is 0 Å². The summed E-state index contributed by atoms with van der Waals surface area (Å²) in [5.41, 5.74) is 0.0252. The summed E-state index contributed by atoms with van der Waals surface area (Å²) in [5, 5.41) is 0. The molecule has 0 unspecified atom stereocenters. The van der Waals surface area contributed by atoms with Crippen LogP contribution in [0.25, 0.3) is 0 Å². The fourth-order valence-corrected chi connectivity index (χ4v) is 2.77. The number of amides is 1. The van der Waals surface area contributed by atoms with Gasteiger partial charge < -0.3 is 0 Å². The van der Waals surface area contributed by atoms with Gasteiger partial charge in [0.25, 0.3) is 5.91 Å². The number of thioether (sulfide) groups is 1. The lowest BCUT2D eigenvalue weighted by atomic mass is 9.96. The first-order valence-electron chi connectivity index (χ1n) is 4.61. The number of nitrogens with zero attached hydrogens (tertiary/aromatic N) is 1. The summed E-state index contributed by atoms with van der Waals surface area (Å²) in [6.07, 6.45) is 1.99. The Bertz CT molecular complexity index is 302. The van der Waals surface area contributed by atoms with Crippen LogP contribution in [-0.2, 0) is 4.79 Å². The van der Waals surface area contributed by atoms with Crippen LogP contribution < -0.4 is 0 Å². The zero-order valence-corrected chi connectivity index (χ0v) is 10.6. The Balaban J connectivity index is 2.92. The second kappa shape index (κ2) is 4.03. The van der Waals surface area contributed by atoms with Gasteiger partial charge in [0.05, 0.1) is 4.91 Å². The van der Waals surface area contributed by atoms with Gasteiger partial charge in [-0.25, -0.2) is 0 Å². The molecule has 0 aromatic rings. The molecule has 0 N–H and O–H groups in total. The second-order valence-electron chi connectivity index (χ2n) is 4.29. The fourth-order valence-electron chi connectivity index (χ4n) is 1.17. The Morgan fingerprint density at radius 2 is 2.07 bits per heavy atom. The van der Waals surface area contributed by atoms with Gasteiger partial charge in [-0.05, 0) is 12.3 Å². The molecule has 1 rings (SSSR count). The summed E-state index contributed by atoms with van der Waals surface area (Å²) in [4.78, 5) is 14.2. The Morgan fingerprint density at radius 3 is 2.43 bits per heavy atom. The Hall–Kier alpha value is -0.350. The highest BCUT2D eigenvalue weighted by atomic mass is 32.2. The van der Waals surface area contributed by atoms with Crippen molar-refractivity contribution in [2.45, 2.75) is 27.7 Å². The summed E-state index contributed by atoms with van der Waals surface area (Å²) < 4.78 is 0.674. The molecule has 0 radical (unpaired) electrons. The number of hydrogen-bond donors (Lipinski definition) is 0. The van der Waals surface area contributed by atoms with Gasteiger partial charge >= 0.3 is 0 Å². The summed E-state index contributed by atoms with van der Waals surface area (Å²) in [6.45, 7) is 8.82. The van der Waals surface area contributed by atoms with Crippen LogP contribution in [0, 0.1) is 5.41 Å². The predicted octanol–water partition coefficient (Wildman–Crippen LogP) is 2.80. The Morgan fingerprint density at radius 1 is 1.50 bits per heavy atom. The van der Waals surface area contributed by atoms with E-state index in [9.17, 15) is 4.79 Å². The molecule has 0 aromatic heterocycles. The van der Waals surface area contributed by atoms with Crippen LogP contribution in [0.2, 0.25) is 0 Å². The van der Waals surface area contributed by atoms with E-state index in [1.54, 1.807) is 4.90 Å². The van der Waals surface area contributed by atoms with Gasteiger partial charge in [-0.2, -0.15) is 0 Å². The van der Waals surface area contributed by atoms with E-state index in [2.05, 4.69) is 20.8 Å². The van der Waals surface area contributed by atoms with E-state index in [1.165, 1.54) is 11.8 Å². The minimum absolute atomic E-state index is 0.0252. The number of carbonyl (C=O) groups is 1. The number of thiocarbonyl (C=S) groups is 1. The first-order valence-corrected chi connectivity index (χ1v) is 5.84. The molecule has 1 aliphatic rings. The number of carbonyl (C=O) groups excluding carboxylic acids is 1. The lowest BCUT2D eigenvalue weighted by Crippen LogP contribution is -2.27. The number of hydrogen-bond acceptors (Lipinski definition) is 3. The predicted molar refractivity (Wildman–Crippen MR) is 65.1 cm³/mol. The first kappa shape index (κ1) is 11.7. The fraction of sp³-hybridized carbons (Fsp3) is 0.600. The van der Waals surface area contributed by atoms with Crippen molar-refractivity contribution in [3.63, 3.8) is 0 Å². The van der Waals surface area contributed by atoms with E-state index >= 15 is 0 Å². The van der Waals surface area contributed by atoms with E-state index in [0.29, 0.717) is 10.9 Å². The highest BCUT2D eigenvalue weighted by molar-refractivity contribution is 8.26. The summed E-state index contributed by atoms with van der Waals surface area (Å²) in [5.74, 6) is 0.0532. The molecule has 1 aliphatic heterocycles. The van der Waals surface area contributed by atoms with E-state index in [0.717, 1.165) is 4.91 Å². The van der Waals surface area contributed by atoms with Gasteiger partial charge in [-0.15, -0.1) is 0 Å². The summed E-state index contributed by atoms with van der Waals surface area (Å²) >= 11 is 6.51. The number of likely N-dealkylation sites (N-methyl/N-ethyl adjacent to an activating group) is 1. The van der Waals surface area contributed by atoms with Crippen LogP contribution in [0.1, 0.15) is 27.7 Å². The van der Waals surface area contributed by atoms with Crippen molar-refractivity contribution in [1.29, 1.82) is 0 Å². The lowest BCUT2D eigenvalue weighted by molar-refractivity contribution is -0.122. The molecule has 0 bridgehead atoms. The Labute approximate surface area is 94.7 Å². The van der Waals surface area contributed by atoms with Gasteiger partial charge in [0, 0.05) is 6.54 Å². The van der Waals surface area contributed by atoms with Gasteiger partial charge in [-0.3, -0.25) is 9.69 Å².